The van der Waals surface area contributed by atoms with Crippen molar-refractivity contribution in [3.8, 4) is 11.5 Å². The molecule has 0 bridgehead atoms. The molecular weight excluding hydrogens is 310 g/mol. The predicted molar refractivity (Wildman–Crippen MR) is 89.9 cm³/mol. The molecule has 1 aromatic carbocycles. The first-order chi connectivity index (χ1) is 11.4. The molecule has 0 aliphatic carbocycles. The topological polar surface area (TPSA) is 103 Å². The van der Waals surface area contributed by atoms with E-state index in [0.29, 0.717) is 29.4 Å². The second kappa shape index (κ2) is 8.12. The second-order valence-corrected chi connectivity index (χ2v) is 6.31. The molecule has 0 fully saturated rings. The average molecular weight is 335 g/mol. The van der Waals surface area contributed by atoms with Crippen LogP contribution in [-0.4, -0.2) is 37.2 Å². The van der Waals surface area contributed by atoms with E-state index in [1.54, 1.807) is 25.1 Å². The Hall–Kier alpha value is -2.12. The zero-order valence-electron chi connectivity index (χ0n) is 14.3. The third-order valence-electron chi connectivity index (χ3n) is 3.78. The number of ketones is 1. The third kappa shape index (κ3) is 4.69. The molecule has 0 saturated heterocycles. The Bertz CT molecular complexity index is 603. The van der Waals surface area contributed by atoms with Crippen molar-refractivity contribution in [2.75, 3.05) is 13.5 Å². The van der Waals surface area contributed by atoms with Crippen molar-refractivity contribution in [1.82, 2.24) is 10.6 Å². The molecule has 2 atom stereocenters. The van der Waals surface area contributed by atoms with Crippen LogP contribution in [0, 0.1) is 5.92 Å². The van der Waals surface area contributed by atoms with E-state index in [0.717, 1.165) is 0 Å². The fraction of sp³-hybridized carbons (Fsp3) is 0.529. The molecule has 0 radical (unpaired) electrons. The van der Waals surface area contributed by atoms with E-state index in [1.165, 1.54) is 0 Å². The van der Waals surface area contributed by atoms with Gasteiger partial charge in [-0.2, -0.15) is 0 Å². The largest absolute Gasteiger partial charge is 0.454 e. The van der Waals surface area contributed by atoms with E-state index >= 15 is 0 Å². The summed E-state index contributed by atoms with van der Waals surface area (Å²) in [5.74, 6) is 1.25. The molecule has 2 unspecified atom stereocenters. The molecule has 1 heterocycles. The molecule has 1 aliphatic heterocycles. The average Bonchev–Trinajstić information content (AvgIpc) is 3.00. The van der Waals surface area contributed by atoms with Gasteiger partial charge in [0, 0.05) is 5.56 Å². The standard InChI is InChI=1S/C17H25N3O4/c1-10(2)6-13(18)17(22)20-8-19-11(3)16(21)12-4-5-14-15(7-12)24-9-23-14/h4-5,7,10-11,13,19H,6,8-9,18H2,1-3H3,(H,20,22). The SMILES string of the molecule is CC(C)CC(N)C(=O)NCNC(C)C(=O)c1ccc2c(c1)OCO2. The van der Waals surface area contributed by atoms with Crippen LogP contribution in [0.2, 0.25) is 0 Å². The fourth-order valence-electron chi connectivity index (χ4n) is 2.43. The van der Waals surface area contributed by atoms with Gasteiger partial charge in [0.15, 0.2) is 17.3 Å². The predicted octanol–water partition coefficient (Wildman–Crippen LogP) is 1.02. The van der Waals surface area contributed by atoms with Crippen LogP contribution in [0.25, 0.3) is 0 Å². The van der Waals surface area contributed by atoms with Crippen LogP contribution in [0.1, 0.15) is 37.6 Å². The normalized spacial score (nSPS) is 15.2. The van der Waals surface area contributed by atoms with Crippen LogP contribution in [0.15, 0.2) is 18.2 Å². The summed E-state index contributed by atoms with van der Waals surface area (Å²) in [4.78, 5) is 24.2. The number of Topliss-reactive ketones (excluding diaryl/α,β-unsaturated/α-hetero) is 1. The summed E-state index contributed by atoms with van der Waals surface area (Å²) in [5, 5.41) is 5.67. The van der Waals surface area contributed by atoms with Crippen LogP contribution in [0.3, 0.4) is 0 Å². The van der Waals surface area contributed by atoms with Crippen molar-refractivity contribution in [2.24, 2.45) is 11.7 Å². The van der Waals surface area contributed by atoms with Gasteiger partial charge in [0.1, 0.15) is 0 Å². The van der Waals surface area contributed by atoms with Gasteiger partial charge in [0.2, 0.25) is 12.7 Å². The zero-order chi connectivity index (χ0) is 17.7. The smallest absolute Gasteiger partial charge is 0.237 e. The van der Waals surface area contributed by atoms with E-state index in [9.17, 15) is 9.59 Å². The molecule has 4 N–H and O–H groups in total. The molecule has 1 amide bonds. The van der Waals surface area contributed by atoms with Gasteiger partial charge < -0.3 is 20.5 Å². The second-order valence-electron chi connectivity index (χ2n) is 6.31. The number of nitrogens with two attached hydrogens (primary N) is 1. The summed E-state index contributed by atoms with van der Waals surface area (Å²) in [7, 11) is 0. The van der Waals surface area contributed by atoms with Gasteiger partial charge in [-0.05, 0) is 37.5 Å². The summed E-state index contributed by atoms with van der Waals surface area (Å²) in [6.07, 6.45) is 0.623. The maximum atomic E-state index is 12.4. The third-order valence-corrected chi connectivity index (χ3v) is 3.78. The molecule has 0 saturated carbocycles. The van der Waals surface area contributed by atoms with E-state index < -0.39 is 12.1 Å². The number of hydrogen-bond acceptors (Lipinski definition) is 6. The van der Waals surface area contributed by atoms with Crippen molar-refractivity contribution in [1.29, 1.82) is 0 Å². The molecule has 7 nitrogen and oxygen atoms in total. The van der Waals surface area contributed by atoms with Gasteiger partial charge >= 0.3 is 0 Å². The Labute approximate surface area is 141 Å². The number of carbonyl (C=O) groups is 2. The fourth-order valence-corrected chi connectivity index (χ4v) is 2.43. The number of nitrogens with one attached hydrogen (secondary N) is 2. The highest BCUT2D eigenvalue weighted by molar-refractivity contribution is 6.00. The van der Waals surface area contributed by atoms with Crippen molar-refractivity contribution in [2.45, 2.75) is 39.3 Å². The maximum Gasteiger partial charge on any atom is 0.237 e. The lowest BCUT2D eigenvalue weighted by atomic mass is 10.0. The monoisotopic (exact) mass is 335 g/mol. The lowest BCUT2D eigenvalue weighted by Gasteiger charge is -2.17. The molecule has 0 aromatic heterocycles. The minimum Gasteiger partial charge on any atom is -0.454 e. The Morgan fingerprint density at radius 2 is 1.92 bits per heavy atom. The minimum atomic E-state index is -0.535. The van der Waals surface area contributed by atoms with Gasteiger partial charge in [-0.1, -0.05) is 13.8 Å². The van der Waals surface area contributed by atoms with Gasteiger partial charge in [0.05, 0.1) is 18.8 Å². The molecule has 0 spiro atoms. The van der Waals surface area contributed by atoms with E-state index in [-0.39, 0.29) is 25.2 Å². The molecule has 7 heteroatoms. The van der Waals surface area contributed by atoms with Crippen molar-refractivity contribution in [3.05, 3.63) is 23.8 Å². The molecule has 1 aromatic rings. The summed E-state index contributed by atoms with van der Waals surface area (Å²) in [5.41, 5.74) is 6.34. The highest BCUT2D eigenvalue weighted by Crippen LogP contribution is 2.32. The van der Waals surface area contributed by atoms with Crippen LogP contribution in [0.4, 0.5) is 0 Å². The summed E-state index contributed by atoms with van der Waals surface area (Å²) in [6.45, 7) is 6.12. The number of hydrogen-bond donors (Lipinski definition) is 3. The van der Waals surface area contributed by atoms with E-state index in [1.807, 2.05) is 13.8 Å². The Morgan fingerprint density at radius 3 is 2.62 bits per heavy atom. The van der Waals surface area contributed by atoms with E-state index in [4.69, 9.17) is 15.2 Å². The zero-order valence-corrected chi connectivity index (χ0v) is 14.3. The summed E-state index contributed by atoms with van der Waals surface area (Å²) in [6, 6.07) is 4.10. The maximum absolute atomic E-state index is 12.4. The molecule has 1 aliphatic rings. The van der Waals surface area contributed by atoms with Crippen LogP contribution in [-0.2, 0) is 4.79 Å². The highest BCUT2D eigenvalue weighted by Gasteiger charge is 2.20. The quantitative estimate of drug-likeness (QED) is 0.484. The number of benzene rings is 1. The highest BCUT2D eigenvalue weighted by atomic mass is 16.7. The van der Waals surface area contributed by atoms with Gasteiger partial charge in [-0.25, -0.2) is 0 Å². The molecular formula is C17H25N3O4. The van der Waals surface area contributed by atoms with E-state index in [2.05, 4.69) is 10.6 Å². The summed E-state index contributed by atoms with van der Waals surface area (Å²) >= 11 is 0. The summed E-state index contributed by atoms with van der Waals surface area (Å²) < 4.78 is 10.5. The number of carbonyl (C=O) groups excluding carboxylic acids is 2. The van der Waals surface area contributed by atoms with Crippen molar-refractivity contribution >= 4 is 11.7 Å². The number of ether oxygens (including phenoxy) is 2. The Kier molecular flexibility index (Phi) is 6.16. The van der Waals surface area contributed by atoms with Crippen molar-refractivity contribution in [3.63, 3.8) is 0 Å². The molecule has 2 rings (SSSR count). The first-order valence-corrected chi connectivity index (χ1v) is 8.09. The first-order valence-electron chi connectivity index (χ1n) is 8.09. The van der Waals surface area contributed by atoms with Crippen LogP contribution >= 0.6 is 0 Å². The van der Waals surface area contributed by atoms with Gasteiger partial charge in [-0.15, -0.1) is 0 Å². The first kappa shape index (κ1) is 18.2. The van der Waals surface area contributed by atoms with Crippen molar-refractivity contribution < 1.29 is 19.1 Å². The van der Waals surface area contributed by atoms with Crippen LogP contribution in [0.5, 0.6) is 11.5 Å². The number of fused-ring (bicyclic) bond motifs is 1. The Balaban J connectivity index is 1.81. The molecule has 132 valence electrons. The lowest BCUT2D eigenvalue weighted by Crippen LogP contribution is -2.47. The minimum absolute atomic E-state index is 0.0889. The van der Waals surface area contributed by atoms with Gasteiger partial charge in [0.25, 0.3) is 0 Å². The molecule has 24 heavy (non-hydrogen) atoms. The number of rotatable bonds is 8. The number of amides is 1. The Morgan fingerprint density at radius 1 is 1.21 bits per heavy atom. The van der Waals surface area contributed by atoms with Gasteiger partial charge in [-0.3, -0.25) is 14.9 Å². The van der Waals surface area contributed by atoms with Crippen LogP contribution < -0.4 is 25.8 Å². The lowest BCUT2D eigenvalue weighted by molar-refractivity contribution is -0.122.